The zero-order chi connectivity index (χ0) is 10.6. The van der Waals surface area contributed by atoms with Gasteiger partial charge in [0.1, 0.15) is 5.75 Å². The molecule has 14 heavy (non-hydrogen) atoms. The zero-order valence-electron chi connectivity index (χ0n) is 8.59. The van der Waals surface area contributed by atoms with Crippen LogP contribution in [-0.2, 0) is 0 Å². The van der Waals surface area contributed by atoms with Crippen LogP contribution >= 0.6 is 15.9 Å². The largest absolute Gasteiger partial charge is 0.491 e. The fourth-order valence-electron chi connectivity index (χ4n) is 1.18. The normalized spacial score (nSPS) is 12.5. The van der Waals surface area contributed by atoms with E-state index in [1.807, 2.05) is 25.1 Å². The molecule has 0 bridgehead atoms. The number of hydrogen-bond acceptors (Lipinski definition) is 1. The van der Waals surface area contributed by atoms with Crippen molar-refractivity contribution >= 4 is 23.8 Å². The number of aryl methyl sites for hydroxylation is 1. The van der Waals surface area contributed by atoms with E-state index in [-0.39, 0.29) is 6.10 Å². The van der Waals surface area contributed by atoms with E-state index in [9.17, 15) is 0 Å². The molecule has 1 atom stereocenters. The third kappa shape index (κ3) is 3.05. The Hall–Kier alpha value is -0.435. The minimum Gasteiger partial charge on any atom is -0.491 e. The second-order valence-electron chi connectivity index (χ2n) is 3.29. The second kappa shape index (κ2) is 5.45. The van der Waals surface area contributed by atoms with Gasteiger partial charge in [-0.1, -0.05) is 35.2 Å². The summed E-state index contributed by atoms with van der Waals surface area (Å²) >= 11 is 3.42. The number of rotatable bonds is 4. The van der Waals surface area contributed by atoms with Crippen LogP contribution in [0.15, 0.2) is 22.7 Å². The van der Waals surface area contributed by atoms with Gasteiger partial charge in [0.05, 0.1) is 14.0 Å². The summed E-state index contributed by atoms with van der Waals surface area (Å²) in [5, 5.41) is 0. The van der Waals surface area contributed by atoms with Gasteiger partial charge in [0.2, 0.25) is 0 Å². The van der Waals surface area contributed by atoms with Crippen LogP contribution in [0.5, 0.6) is 5.75 Å². The average molecular weight is 253 g/mol. The molecule has 0 aliphatic heterocycles. The molecule has 0 amide bonds. The molecule has 3 heteroatoms. The topological polar surface area (TPSA) is 9.23 Å². The van der Waals surface area contributed by atoms with Crippen LogP contribution < -0.4 is 4.74 Å². The van der Waals surface area contributed by atoms with E-state index in [1.54, 1.807) is 0 Å². The minimum atomic E-state index is 0.114. The fourth-order valence-corrected chi connectivity index (χ4v) is 1.52. The highest BCUT2D eigenvalue weighted by Crippen LogP contribution is 2.24. The summed E-state index contributed by atoms with van der Waals surface area (Å²) in [7, 11) is 5.58. The third-order valence-corrected chi connectivity index (χ3v) is 2.66. The van der Waals surface area contributed by atoms with Crippen molar-refractivity contribution in [2.45, 2.75) is 32.7 Å². The molecule has 0 fully saturated rings. The van der Waals surface area contributed by atoms with Gasteiger partial charge in [-0.2, -0.15) is 0 Å². The molecule has 0 aliphatic carbocycles. The maximum atomic E-state index is 5.77. The van der Waals surface area contributed by atoms with Gasteiger partial charge >= 0.3 is 0 Å². The Bertz CT molecular complexity index is 297. The summed E-state index contributed by atoms with van der Waals surface area (Å²) in [5.41, 5.74) is 1.14. The molecule has 0 spiro atoms. The van der Waals surface area contributed by atoms with Crippen molar-refractivity contribution in [3.63, 3.8) is 0 Å². The molecule has 0 aliphatic rings. The first-order chi connectivity index (χ1) is 6.67. The zero-order valence-corrected chi connectivity index (χ0v) is 10.2. The maximum Gasteiger partial charge on any atom is 0.123 e. The molecule has 0 saturated heterocycles. The molecule has 74 valence electrons. The number of halogens is 1. The van der Waals surface area contributed by atoms with E-state index in [1.165, 1.54) is 0 Å². The fraction of sp³-hybridized carbons (Fsp3) is 0.455. The lowest BCUT2D eigenvalue weighted by Gasteiger charge is -2.17. The average Bonchev–Trinajstić information content (AvgIpc) is 2.19. The molecule has 2 radical (unpaired) electrons. The van der Waals surface area contributed by atoms with Gasteiger partial charge in [-0.25, -0.2) is 0 Å². The summed E-state index contributed by atoms with van der Waals surface area (Å²) in [6.07, 6.45) is 1.60. The van der Waals surface area contributed by atoms with Crippen LogP contribution in [-0.4, -0.2) is 14.0 Å². The quantitative estimate of drug-likeness (QED) is 0.746. The number of ether oxygens (including phenoxy) is 1. The van der Waals surface area contributed by atoms with Crippen molar-refractivity contribution in [3.05, 3.63) is 28.2 Å². The molecule has 0 saturated carbocycles. The third-order valence-electron chi connectivity index (χ3n) is 2.16. The van der Waals surface area contributed by atoms with E-state index in [2.05, 4.69) is 22.9 Å². The van der Waals surface area contributed by atoms with Crippen molar-refractivity contribution in [2.75, 3.05) is 0 Å². The van der Waals surface area contributed by atoms with Gasteiger partial charge in [-0.15, -0.1) is 0 Å². The molecule has 0 N–H and O–H groups in total. The molecule has 1 aromatic carbocycles. The SMILES string of the molecule is [B]CC(CC)Oc1cc(Br)ccc1C. The lowest BCUT2D eigenvalue weighted by Crippen LogP contribution is -2.14. The summed E-state index contributed by atoms with van der Waals surface area (Å²) < 4.78 is 6.80. The number of benzene rings is 1. The summed E-state index contributed by atoms with van der Waals surface area (Å²) in [4.78, 5) is 0. The molecular weight excluding hydrogens is 239 g/mol. The van der Waals surface area contributed by atoms with Crippen molar-refractivity contribution < 1.29 is 4.74 Å². The molecule has 1 nitrogen and oxygen atoms in total. The Morgan fingerprint density at radius 3 is 2.79 bits per heavy atom. The first kappa shape index (κ1) is 11.6. The van der Waals surface area contributed by atoms with E-state index in [4.69, 9.17) is 12.6 Å². The predicted octanol–water partition coefficient (Wildman–Crippen LogP) is 3.50. The molecule has 1 aromatic rings. The van der Waals surface area contributed by atoms with Crippen LogP contribution in [0.1, 0.15) is 18.9 Å². The van der Waals surface area contributed by atoms with Gasteiger partial charge in [0, 0.05) is 4.47 Å². The first-order valence-electron chi connectivity index (χ1n) is 4.80. The Labute approximate surface area is 95.4 Å². The summed E-state index contributed by atoms with van der Waals surface area (Å²) in [6.45, 7) is 4.11. The van der Waals surface area contributed by atoms with Crippen LogP contribution in [0.2, 0.25) is 6.32 Å². The predicted molar refractivity (Wildman–Crippen MR) is 64.1 cm³/mol. The molecule has 0 aromatic heterocycles. The van der Waals surface area contributed by atoms with Crippen molar-refractivity contribution in [1.29, 1.82) is 0 Å². The smallest absolute Gasteiger partial charge is 0.123 e. The van der Waals surface area contributed by atoms with Gasteiger partial charge in [-0.3, -0.25) is 0 Å². The van der Waals surface area contributed by atoms with Crippen molar-refractivity contribution in [2.24, 2.45) is 0 Å². The first-order valence-corrected chi connectivity index (χ1v) is 5.59. The standard InChI is InChI=1S/C11H14BBrO/c1-3-10(7-12)14-11-6-9(13)5-4-8(11)2/h4-6,10H,3,7H2,1-2H3. The van der Waals surface area contributed by atoms with E-state index in [0.717, 1.165) is 22.2 Å². The monoisotopic (exact) mass is 252 g/mol. The van der Waals surface area contributed by atoms with Crippen LogP contribution in [0.4, 0.5) is 0 Å². The number of hydrogen-bond donors (Lipinski definition) is 0. The van der Waals surface area contributed by atoms with Gasteiger partial charge in [-0.05, 0) is 31.0 Å². The summed E-state index contributed by atoms with van der Waals surface area (Å²) in [5.74, 6) is 0.914. The van der Waals surface area contributed by atoms with Crippen LogP contribution in [0, 0.1) is 6.92 Å². The molecular formula is C11H14BBrO. The summed E-state index contributed by atoms with van der Waals surface area (Å²) in [6, 6.07) is 6.02. The Balaban J connectivity index is 2.79. The van der Waals surface area contributed by atoms with Crippen molar-refractivity contribution in [1.82, 2.24) is 0 Å². The highest BCUT2D eigenvalue weighted by atomic mass is 79.9. The van der Waals surface area contributed by atoms with E-state index >= 15 is 0 Å². The van der Waals surface area contributed by atoms with Gasteiger partial charge in [0.25, 0.3) is 0 Å². The lowest BCUT2D eigenvalue weighted by atomic mass is 9.98. The Morgan fingerprint density at radius 2 is 2.21 bits per heavy atom. The van der Waals surface area contributed by atoms with E-state index < -0.39 is 0 Å². The molecule has 1 unspecified atom stereocenters. The van der Waals surface area contributed by atoms with Gasteiger partial charge in [0.15, 0.2) is 0 Å². The molecule has 1 rings (SSSR count). The van der Waals surface area contributed by atoms with E-state index in [0.29, 0.717) is 6.32 Å². The second-order valence-corrected chi connectivity index (χ2v) is 4.21. The highest BCUT2D eigenvalue weighted by Gasteiger charge is 2.07. The lowest BCUT2D eigenvalue weighted by molar-refractivity contribution is 0.216. The Kier molecular flexibility index (Phi) is 4.53. The van der Waals surface area contributed by atoms with Gasteiger partial charge < -0.3 is 4.74 Å². The van der Waals surface area contributed by atoms with Crippen molar-refractivity contribution in [3.8, 4) is 5.75 Å². The highest BCUT2D eigenvalue weighted by molar-refractivity contribution is 9.10. The maximum absolute atomic E-state index is 5.77. The molecule has 0 heterocycles. The minimum absolute atomic E-state index is 0.114. The van der Waals surface area contributed by atoms with Crippen LogP contribution in [0.3, 0.4) is 0 Å². The van der Waals surface area contributed by atoms with Crippen LogP contribution in [0.25, 0.3) is 0 Å². The Morgan fingerprint density at radius 1 is 1.50 bits per heavy atom.